The number of hydrogen-bond acceptors (Lipinski definition) is 5. The van der Waals surface area contributed by atoms with Gasteiger partial charge in [0.05, 0.1) is 24.8 Å². The third kappa shape index (κ3) is 5.10. The normalized spacial score (nSPS) is 19.6. The van der Waals surface area contributed by atoms with E-state index in [4.69, 9.17) is 14.6 Å². The number of carboxylic acid groups (broad SMARTS) is 1. The van der Waals surface area contributed by atoms with E-state index in [0.717, 1.165) is 46.7 Å². The second-order valence-electron chi connectivity index (χ2n) is 9.80. The van der Waals surface area contributed by atoms with Crippen molar-refractivity contribution >= 4 is 23.0 Å². The van der Waals surface area contributed by atoms with E-state index in [2.05, 4.69) is 20.6 Å². The van der Waals surface area contributed by atoms with Gasteiger partial charge in [-0.15, -0.1) is 0 Å². The molecule has 36 heavy (non-hydrogen) atoms. The van der Waals surface area contributed by atoms with Crippen LogP contribution in [-0.2, 0) is 0 Å². The number of carbonyl (C=O) groups excluding carboxylic acids is 1. The van der Waals surface area contributed by atoms with Crippen molar-refractivity contribution in [2.75, 3.05) is 13.7 Å². The highest BCUT2D eigenvalue weighted by Gasteiger charge is 2.27. The van der Waals surface area contributed by atoms with Crippen LogP contribution in [0.25, 0.3) is 22.2 Å². The highest BCUT2D eigenvalue weighted by Crippen LogP contribution is 2.39. The number of nitrogens with zero attached hydrogens (tertiary/aromatic N) is 1. The van der Waals surface area contributed by atoms with Crippen LogP contribution >= 0.6 is 0 Å². The van der Waals surface area contributed by atoms with Crippen LogP contribution in [0.4, 0.5) is 4.79 Å². The molecule has 3 aromatic rings. The van der Waals surface area contributed by atoms with Crippen molar-refractivity contribution in [1.29, 1.82) is 0 Å². The maximum absolute atomic E-state index is 13.3. The van der Waals surface area contributed by atoms with E-state index < -0.39 is 6.09 Å². The molecule has 0 bridgehead atoms. The molecule has 2 fully saturated rings. The van der Waals surface area contributed by atoms with Crippen LogP contribution < -0.4 is 20.1 Å². The zero-order valence-corrected chi connectivity index (χ0v) is 20.6. The van der Waals surface area contributed by atoms with E-state index in [1.54, 1.807) is 13.3 Å². The van der Waals surface area contributed by atoms with Gasteiger partial charge in [-0.25, -0.2) is 4.79 Å². The number of hydrogen-bond donors (Lipinski definition) is 4. The van der Waals surface area contributed by atoms with E-state index in [-0.39, 0.29) is 18.0 Å². The van der Waals surface area contributed by atoms with Crippen molar-refractivity contribution in [1.82, 2.24) is 20.6 Å². The topological polar surface area (TPSA) is 126 Å². The number of pyridine rings is 1. The van der Waals surface area contributed by atoms with Crippen LogP contribution in [0.5, 0.6) is 11.5 Å². The van der Waals surface area contributed by atoms with Gasteiger partial charge < -0.3 is 30.2 Å². The Bertz CT molecular complexity index is 1270. The monoisotopic (exact) mass is 492 g/mol. The molecule has 2 amide bonds. The lowest BCUT2D eigenvalue weighted by atomic mass is 9.91. The van der Waals surface area contributed by atoms with Crippen molar-refractivity contribution in [3.05, 3.63) is 41.7 Å². The maximum atomic E-state index is 13.3. The lowest BCUT2D eigenvalue weighted by molar-refractivity contribution is 0.0924. The van der Waals surface area contributed by atoms with Crippen molar-refractivity contribution in [2.24, 2.45) is 5.92 Å². The summed E-state index contributed by atoms with van der Waals surface area (Å²) in [6.07, 6.45) is 5.97. The first kappa shape index (κ1) is 24.0. The Balaban J connectivity index is 1.41. The molecule has 0 spiro atoms. The minimum Gasteiger partial charge on any atom is -0.497 e. The average molecular weight is 493 g/mol. The molecule has 5 rings (SSSR count). The Morgan fingerprint density at radius 2 is 1.78 bits per heavy atom. The minimum atomic E-state index is -1.00. The molecule has 1 aromatic carbocycles. The molecule has 9 heteroatoms. The standard InChI is InChI=1S/C27H32N4O5/c1-15-23(26(32)30-17-5-7-18(8-6-17)31-27(33)34)25-24(29-15)20(11-12-28-25)21-13-19(35-2)9-10-22(21)36-14-16-3-4-16/h9-13,16-18,29,31H,3-8,14H2,1-2H3,(H,30,32)(H,33,34)/t17-,18-. The van der Waals surface area contributed by atoms with Crippen molar-refractivity contribution in [2.45, 2.75) is 57.5 Å². The van der Waals surface area contributed by atoms with Crippen LogP contribution in [0.1, 0.15) is 54.6 Å². The first-order valence-electron chi connectivity index (χ1n) is 12.5. The van der Waals surface area contributed by atoms with Gasteiger partial charge in [0.15, 0.2) is 0 Å². The van der Waals surface area contributed by atoms with Gasteiger partial charge in [-0.3, -0.25) is 9.78 Å². The number of fused-ring (bicyclic) bond motifs is 1. The second kappa shape index (κ2) is 10.1. The average Bonchev–Trinajstić information content (AvgIpc) is 3.63. The molecule has 2 heterocycles. The highest BCUT2D eigenvalue weighted by atomic mass is 16.5. The van der Waals surface area contributed by atoms with Gasteiger partial charge in [-0.1, -0.05) is 0 Å². The highest BCUT2D eigenvalue weighted by molar-refractivity contribution is 6.09. The fourth-order valence-corrected chi connectivity index (χ4v) is 4.99. The largest absolute Gasteiger partial charge is 0.497 e. The molecule has 2 saturated carbocycles. The van der Waals surface area contributed by atoms with Crippen LogP contribution in [-0.4, -0.2) is 52.9 Å². The van der Waals surface area contributed by atoms with Gasteiger partial charge in [-0.2, -0.15) is 0 Å². The first-order chi connectivity index (χ1) is 17.4. The molecule has 0 aliphatic heterocycles. The quantitative estimate of drug-likeness (QED) is 0.363. The zero-order chi connectivity index (χ0) is 25.2. The summed E-state index contributed by atoms with van der Waals surface area (Å²) in [6, 6.07) is 7.64. The SMILES string of the molecule is COc1ccc(OCC2CC2)c(-c2ccnc3c(C(=O)N[C@H]4CC[C@H](NC(=O)O)CC4)c(C)[nH]c23)c1. The molecule has 2 aliphatic rings. The van der Waals surface area contributed by atoms with Crippen molar-refractivity contribution in [3.63, 3.8) is 0 Å². The molecule has 0 saturated heterocycles. The number of H-pyrrole nitrogens is 1. The van der Waals surface area contributed by atoms with Gasteiger partial charge >= 0.3 is 6.09 Å². The van der Waals surface area contributed by atoms with Crippen molar-refractivity contribution < 1.29 is 24.2 Å². The number of aromatic nitrogens is 2. The number of carbonyl (C=O) groups is 2. The summed E-state index contributed by atoms with van der Waals surface area (Å²) < 4.78 is 11.6. The van der Waals surface area contributed by atoms with Gasteiger partial charge in [-0.05, 0) is 75.6 Å². The lowest BCUT2D eigenvalue weighted by Gasteiger charge is -2.28. The fourth-order valence-electron chi connectivity index (χ4n) is 4.99. The van der Waals surface area contributed by atoms with Gasteiger partial charge in [0, 0.05) is 35.1 Å². The smallest absolute Gasteiger partial charge is 0.404 e. The second-order valence-corrected chi connectivity index (χ2v) is 9.80. The van der Waals surface area contributed by atoms with E-state index >= 15 is 0 Å². The van der Waals surface area contributed by atoms with Crippen LogP contribution in [0.3, 0.4) is 0 Å². The summed E-state index contributed by atoms with van der Waals surface area (Å²) in [6.45, 7) is 2.57. The molecule has 190 valence electrons. The minimum absolute atomic E-state index is 0.00214. The number of methoxy groups -OCH3 is 1. The molecule has 0 radical (unpaired) electrons. The van der Waals surface area contributed by atoms with E-state index in [9.17, 15) is 9.59 Å². The van der Waals surface area contributed by atoms with Crippen LogP contribution in [0.2, 0.25) is 0 Å². The summed E-state index contributed by atoms with van der Waals surface area (Å²) in [7, 11) is 1.64. The van der Waals surface area contributed by atoms with E-state index in [1.807, 2.05) is 31.2 Å². The number of amides is 2. The molecular weight excluding hydrogens is 460 g/mol. The Labute approximate surface area is 209 Å². The summed E-state index contributed by atoms with van der Waals surface area (Å²) in [5.74, 6) is 1.95. The number of rotatable bonds is 8. The first-order valence-corrected chi connectivity index (χ1v) is 12.5. The molecule has 2 aromatic heterocycles. The lowest BCUT2D eigenvalue weighted by Crippen LogP contribution is -2.43. The Morgan fingerprint density at radius 3 is 2.44 bits per heavy atom. The fraction of sp³-hybridized carbons (Fsp3) is 0.444. The molecule has 0 atom stereocenters. The predicted octanol–water partition coefficient (Wildman–Crippen LogP) is 4.64. The number of ether oxygens (including phenoxy) is 2. The van der Waals surface area contributed by atoms with E-state index in [1.165, 1.54) is 12.8 Å². The van der Waals surface area contributed by atoms with Gasteiger partial charge in [0.1, 0.15) is 17.0 Å². The number of aryl methyl sites for hydroxylation is 1. The third-order valence-corrected chi connectivity index (χ3v) is 7.14. The van der Waals surface area contributed by atoms with Gasteiger partial charge in [0.25, 0.3) is 5.91 Å². The molecule has 4 N–H and O–H groups in total. The van der Waals surface area contributed by atoms with E-state index in [0.29, 0.717) is 36.4 Å². The maximum Gasteiger partial charge on any atom is 0.404 e. The van der Waals surface area contributed by atoms with Crippen LogP contribution in [0, 0.1) is 12.8 Å². The number of aromatic amines is 1. The van der Waals surface area contributed by atoms with Crippen molar-refractivity contribution in [3.8, 4) is 22.6 Å². The number of nitrogens with one attached hydrogen (secondary N) is 3. The Kier molecular flexibility index (Phi) is 6.71. The Morgan fingerprint density at radius 1 is 1.06 bits per heavy atom. The van der Waals surface area contributed by atoms with Crippen LogP contribution in [0.15, 0.2) is 30.5 Å². The summed E-state index contributed by atoms with van der Waals surface area (Å²) in [4.78, 5) is 32.2. The molecule has 9 nitrogen and oxygen atoms in total. The predicted molar refractivity (Wildman–Crippen MR) is 136 cm³/mol. The molecular formula is C27H32N4O5. The van der Waals surface area contributed by atoms with Gasteiger partial charge in [0.2, 0.25) is 0 Å². The molecule has 2 aliphatic carbocycles. The number of benzene rings is 1. The molecule has 0 unspecified atom stereocenters. The zero-order valence-electron chi connectivity index (χ0n) is 20.6. The summed E-state index contributed by atoms with van der Waals surface area (Å²) in [5.41, 5.74) is 4.44. The third-order valence-electron chi connectivity index (χ3n) is 7.14. The Hall–Kier alpha value is -3.75. The summed E-state index contributed by atoms with van der Waals surface area (Å²) in [5, 5.41) is 14.6. The summed E-state index contributed by atoms with van der Waals surface area (Å²) >= 11 is 0.